The molecule has 0 fully saturated rings. The largest absolute Gasteiger partial charge is 0.356 e. The average molecular weight is 326 g/mol. The second-order valence-electron chi connectivity index (χ2n) is 4.81. The van der Waals surface area contributed by atoms with Crippen molar-refractivity contribution < 1.29 is 8.42 Å². The summed E-state index contributed by atoms with van der Waals surface area (Å²) >= 11 is 0. The standard InChI is InChI=1S/C15H26N4O2S/c1-3-22(20,21)19-13-12-18-15(16-2)17-11-7-10-14-8-5-4-6-9-14/h4-6,8-9,19H,3,7,10-13H2,1-2H3,(H2,16,17,18). The summed E-state index contributed by atoms with van der Waals surface area (Å²) in [4.78, 5) is 4.10. The zero-order chi connectivity index (χ0) is 16.3. The lowest BCUT2D eigenvalue weighted by atomic mass is 10.1. The van der Waals surface area contributed by atoms with Gasteiger partial charge in [0.05, 0.1) is 5.75 Å². The van der Waals surface area contributed by atoms with Crippen LogP contribution in [0.3, 0.4) is 0 Å². The molecule has 22 heavy (non-hydrogen) atoms. The van der Waals surface area contributed by atoms with E-state index in [-0.39, 0.29) is 5.75 Å². The molecule has 0 unspecified atom stereocenters. The molecule has 1 aromatic rings. The minimum absolute atomic E-state index is 0.0967. The monoisotopic (exact) mass is 326 g/mol. The highest BCUT2D eigenvalue weighted by atomic mass is 32.2. The number of rotatable bonds is 9. The van der Waals surface area contributed by atoms with Gasteiger partial charge in [0.2, 0.25) is 10.0 Å². The van der Waals surface area contributed by atoms with Crippen LogP contribution in [-0.4, -0.2) is 46.8 Å². The van der Waals surface area contributed by atoms with Crippen molar-refractivity contribution >= 4 is 16.0 Å². The summed E-state index contributed by atoms with van der Waals surface area (Å²) in [5.41, 5.74) is 1.32. The van der Waals surface area contributed by atoms with Crippen molar-refractivity contribution in [2.75, 3.05) is 32.4 Å². The molecule has 1 rings (SSSR count). The summed E-state index contributed by atoms with van der Waals surface area (Å²) in [5.74, 6) is 0.781. The van der Waals surface area contributed by atoms with Gasteiger partial charge in [-0.2, -0.15) is 0 Å². The van der Waals surface area contributed by atoms with Crippen LogP contribution in [0.1, 0.15) is 18.9 Å². The zero-order valence-electron chi connectivity index (χ0n) is 13.3. The number of nitrogens with one attached hydrogen (secondary N) is 3. The van der Waals surface area contributed by atoms with Gasteiger partial charge in [0.1, 0.15) is 0 Å². The van der Waals surface area contributed by atoms with Crippen LogP contribution in [0, 0.1) is 0 Å². The van der Waals surface area contributed by atoms with Gasteiger partial charge >= 0.3 is 0 Å². The summed E-state index contributed by atoms with van der Waals surface area (Å²) in [6.45, 7) is 3.27. The minimum atomic E-state index is -3.13. The lowest BCUT2D eigenvalue weighted by Gasteiger charge is -2.12. The first-order valence-corrected chi connectivity index (χ1v) is 9.18. The molecule has 0 saturated carbocycles. The van der Waals surface area contributed by atoms with E-state index in [2.05, 4.69) is 32.5 Å². The highest BCUT2D eigenvalue weighted by Gasteiger charge is 2.04. The SMILES string of the molecule is CCS(=O)(=O)NCCNC(=NC)NCCCc1ccccc1. The Bertz CT molecular complexity index is 544. The number of hydrogen-bond donors (Lipinski definition) is 3. The van der Waals surface area contributed by atoms with Gasteiger partial charge in [-0.15, -0.1) is 0 Å². The number of nitrogens with zero attached hydrogens (tertiary/aromatic N) is 1. The molecular weight excluding hydrogens is 300 g/mol. The van der Waals surface area contributed by atoms with Crippen molar-refractivity contribution in [1.29, 1.82) is 0 Å². The van der Waals surface area contributed by atoms with Gasteiger partial charge in [0, 0.05) is 26.7 Å². The van der Waals surface area contributed by atoms with Crippen molar-refractivity contribution in [2.45, 2.75) is 19.8 Å². The smallest absolute Gasteiger partial charge is 0.211 e. The lowest BCUT2D eigenvalue weighted by Crippen LogP contribution is -2.42. The van der Waals surface area contributed by atoms with E-state index in [1.165, 1.54) is 5.56 Å². The lowest BCUT2D eigenvalue weighted by molar-refractivity contribution is 0.581. The summed E-state index contributed by atoms with van der Waals surface area (Å²) in [5, 5.41) is 6.29. The Balaban J connectivity index is 2.15. The van der Waals surface area contributed by atoms with E-state index in [1.807, 2.05) is 18.2 Å². The molecule has 0 aliphatic carbocycles. The fourth-order valence-electron chi connectivity index (χ4n) is 1.85. The molecule has 0 radical (unpaired) electrons. The highest BCUT2D eigenvalue weighted by Crippen LogP contribution is 2.01. The molecule has 0 aliphatic heterocycles. The maximum atomic E-state index is 11.3. The van der Waals surface area contributed by atoms with Crippen LogP contribution in [0.4, 0.5) is 0 Å². The zero-order valence-corrected chi connectivity index (χ0v) is 14.1. The molecule has 0 amide bonds. The van der Waals surface area contributed by atoms with E-state index < -0.39 is 10.0 Å². The van der Waals surface area contributed by atoms with Crippen LogP contribution < -0.4 is 15.4 Å². The van der Waals surface area contributed by atoms with Crippen molar-refractivity contribution in [3.05, 3.63) is 35.9 Å². The third-order valence-electron chi connectivity index (χ3n) is 3.12. The molecule has 0 bridgehead atoms. The normalized spacial score (nSPS) is 12.2. The van der Waals surface area contributed by atoms with E-state index in [1.54, 1.807) is 14.0 Å². The number of sulfonamides is 1. The molecule has 0 aromatic heterocycles. The molecule has 0 heterocycles. The maximum absolute atomic E-state index is 11.3. The van der Waals surface area contributed by atoms with Crippen LogP contribution >= 0.6 is 0 Å². The summed E-state index contributed by atoms with van der Waals surface area (Å²) in [6, 6.07) is 10.3. The van der Waals surface area contributed by atoms with Gasteiger partial charge in [-0.25, -0.2) is 13.1 Å². The van der Waals surface area contributed by atoms with Gasteiger partial charge in [-0.3, -0.25) is 4.99 Å². The topological polar surface area (TPSA) is 82.6 Å². The van der Waals surface area contributed by atoms with Gasteiger partial charge in [0.15, 0.2) is 5.96 Å². The first kappa shape index (κ1) is 18.4. The van der Waals surface area contributed by atoms with Crippen LogP contribution in [-0.2, 0) is 16.4 Å². The predicted octanol–water partition coefficient (Wildman–Crippen LogP) is 0.724. The number of benzene rings is 1. The molecular formula is C15H26N4O2S. The van der Waals surface area contributed by atoms with E-state index in [0.29, 0.717) is 19.0 Å². The van der Waals surface area contributed by atoms with Gasteiger partial charge in [-0.05, 0) is 25.3 Å². The first-order valence-electron chi connectivity index (χ1n) is 7.53. The van der Waals surface area contributed by atoms with E-state index >= 15 is 0 Å². The predicted molar refractivity (Wildman–Crippen MR) is 91.6 cm³/mol. The number of aryl methyl sites for hydroxylation is 1. The summed E-state index contributed by atoms with van der Waals surface area (Å²) in [6.07, 6.45) is 2.02. The van der Waals surface area contributed by atoms with E-state index in [0.717, 1.165) is 19.4 Å². The molecule has 0 spiro atoms. The van der Waals surface area contributed by atoms with Crippen LogP contribution in [0.2, 0.25) is 0 Å². The van der Waals surface area contributed by atoms with Crippen LogP contribution in [0.5, 0.6) is 0 Å². The number of guanidine groups is 1. The summed E-state index contributed by atoms with van der Waals surface area (Å²) < 4.78 is 25.1. The van der Waals surface area contributed by atoms with Gasteiger partial charge in [-0.1, -0.05) is 30.3 Å². The maximum Gasteiger partial charge on any atom is 0.211 e. The first-order chi connectivity index (χ1) is 10.6. The molecule has 0 atom stereocenters. The third kappa shape index (κ3) is 7.99. The Morgan fingerprint density at radius 1 is 1.09 bits per heavy atom. The fourth-order valence-corrected chi connectivity index (χ4v) is 2.47. The Morgan fingerprint density at radius 3 is 2.41 bits per heavy atom. The molecule has 1 aromatic carbocycles. The Kier molecular flexibility index (Phi) is 8.54. The summed E-state index contributed by atoms with van der Waals surface area (Å²) in [7, 11) is -1.43. The fraction of sp³-hybridized carbons (Fsp3) is 0.533. The van der Waals surface area contributed by atoms with Crippen molar-refractivity contribution in [3.8, 4) is 0 Å². The molecule has 0 aliphatic rings. The quantitative estimate of drug-likeness (QED) is 0.355. The molecule has 6 nitrogen and oxygen atoms in total. The molecule has 124 valence electrons. The van der Waals surface area contributed by atoms with E-state index in [4.69, 9.17) is 0 Å². The molecule has 7 heteroatoms. The average Bonchev–Trinajstić information content (AvgIpc) is 2.54. The van der Waals surface area contributed by atoms with Crippen molar-refractivity contribution in [2.24, 2.45) is 4.99 Å². The van der Waals surface area contributed by atoms with Gasteiger partial charge in [0.25, 0.3) is 0 Å². The van der Waals surface area contributed by atoms with Crippen LogP contribution in [0.25, 0.3) is 0 Å². The molecule has 0 saturated heterocycles. The van der Waals surface area contributed by atoms with Crippen molar-refractivity contribution in [1.82, 2.24) is 15.4 Å². The minimum Gasteiger partial charge on any atom is -0.356 e. The second-order valence-corrected chi connectivity index (χ2v) is 6.91. The Hall–Kier alpha value is -1.60. The third-order valence-corrected chi connectivity index (χ3v) is 4.52. The Morgan fingerprint density at radius 2 is 1.77 bits per heavy atom. The van der Waals surface area contributed by atoms with E-state index in [9.17, 15) is 8.42 Å². The number of hydrogen-bond acceptors (Lipinski definition) is 3. The molecule has 3 N–H and O–H groups in total. The Labute approximate surface area is 133 Å². The second kappa shape index (κ2) is 10.2. The van der Waals surface area contributed by atoms with Gasteiger partial charge < -0.3 is 10.6 Å². The highest BCUT2D eigenvalue weighted by molar-refractivity contribution is 7.89. The van der Waals surface area contributed by atoms with Crippen LogP contribution in [0.15, 0.2) is 35.3 Å². The number of aliphatic imine (C=N–C) groups is 1. The van der Waals surface area contributed by atoms with Crippen molar-refractivity contribution in [3.63, 3.8) is 0 Å².